The quantitative estimate of drug-likeness (QED) is 0.200. The van der Waals surface area contributed by atoms with E-state index in [1.165, 1.54) is 31.3 Å². The van der Waals surface area contributed by atoms with Crippen LogP contribution in [-0.2, 0) is 0 Å². The molecule has 38 heavy (non-hydrogen) atoms. The minimum absolute atomic E-state index is 0.154. The first kappa shape index (κ1) is 26.7. The molecule has 0 spiro atoms. The molecule has 2 aromatic carbocycles. The number of guanidine groups is 1. The van der Waals surface area contributed by atoms with Crippen molar-refractivity contribution >= 4 is 17.5 Å². The highest BCUT2D eigenvalue weighted by Crippen LogP contribution is 2.42. The van der Waals surface area contributed by atoms with Crippen molar-refractivity contribution in [2.45, 2.75) is 19.1 Å². The normalized spacial score (nSPS) is 18.4. The molecule has 11 nitrogen and oxygen atoms in total. The number of phenolic OH excluding ortho intramolecular Hbond substituents is 1. The zero-order valence-corrected chi connectivity index (χ0v) is 20.7. The molecule has 0 radical (unpaired) electrons. The van der Waals surface area contributed by atoms with E-state index >= 15 is 8.78 Å². The lowest BCUT2D eigenvalue weighted by Gasteiger charge is -2.38. The summed E-state index contributed by atoms with van der Waals surface area (Å²) in [5.74, 6) is -3.28. The van der Waals surface area contributed by atoms with E-state index in [2.05, 4.69) is 15.7 Å². The SMILES string of the molecule is CNN1C(Oc2cccc(N=C(N)N)c2)=C(F)C(C2CCNCC2)=C(F)C1Oc1cc(C(=N)N)ccc1O. The number of allylic oxidation sites excluding steroid dienone is 2. The number of nitrogen functional groups attached to an aromatic ring is 1. The monoisotopic (exact) mass is 528 g/mol. The number of halogens is 2. The summed E-state index contributed by atoms with van der Waals surface area (Å²) in [6.45, 7) is 1.18. The molecule has 1 saturated heterocycles. The van der Waals surface area contributed by atoms with E-state index in [-0.39, 0.29) is 46.1 Å². The Morgan fingerprint density at radius 3 is 2.55 bits per heavy atom. The number of nitrogens with two attached hydrogens (primary N) is 3. The average Bonchev–Trinajstić information content (AvgIpc) is 2.88. The molecule has 202 valence electrons. The van der Waals surface area contributed by atoms with Gasteiger partial charge in [0.05, 0.1) is 5.69 Å². The molecule has 4 rings (SSSR count). The number of hydrogen-bond acceptors (Lipinski definition) is 8. The van der Waals surface area contributed by atoms with Crippen molar-refractivity contribution in [3.8, 4) is 17.2 Å². The van der Waals surface area contributed by atoms with Crippen molar-refractivity contribution in [2.75, 3.05) is 20.1 Å². The number of nitrogens with one attached hydrogen (secondary N) is 3. The van der Waals surface area contributed by atoms with E-state index in [0.717, 1.165) is 5.01 Å². The summed E-state index contributed by atoms with van der Waals surface area (Å²) in [6.07, 6.45) is -0.560. The molecule has 2 aliphatic heterocycles. The highest BCUT2D eigenvalue weighted by atomic mass is 19.1. The Morgan fingerprint density at radius 1 is 1.16 bits per heavy atom. The molecule has 0 bridgehead atoms. The molecule has 0 amide bonds. The molecule has 1 unspecified atom stereocenters. The fourth-order valence-electron chi connectivity index (χ4n) is 4.35. The summed E-state index contributed by atoms with van der Waals surface area (Å²) in [7, 11) is 1.44. The van der Waals surface area contributed by atoms with Crippen LogP contribution >= 0.6 is 0 Å². The summed E-state index contributed by atoms with van der Waals surface area (Å²) in [6, 6.07) is 10.3. The van der Waals surface area contributed by atoms with Crippen LogP contribution in [-0.4, -0.2) is 48.3 Å². The molecule has 2 aromatic rings. The maximum atomic E-state index is 16.1. The Labute approximate surface area is 218 Å². The lowest BCUT2D eigenvalue weighted by atomic mass is 9.87. The van der Waals surface area contributed by atoms with E-state index in [0.29, 0.717) is 31.6 Å². The third kappa shape index (κ3) is 5.63. The number of nitrogens with zero attached hydrogens (tertiary/aromatic N) is 2. The number of piperidine rings is 1. The second kappa shape index (κ2) is 11.4. The maximum absolute atomic E-state index is 16.1. The lowest BCUT2D eigenvalue weighted by Crippen LogP contribution is -2.51. The van der Waals surface area contributed by atoms with Gasteiger partial charge in [-0.25, -0.2) is 24.2 Å². The molecule has 13 heteroatoms. The molecule has 0 saturated carbocycles. The smallest absolute Gasteiger partial charge is 0.250 e. The third-order valence-corrected chi connectivity index (χ3v) is 6.14. The van der Waals surface area contributed by atoms with Gasteiger partial charge < -0.3 is 37.1 Å². The number of hydrazine groups is 1. The van der Waals surface area contributed by atoms with Gasteiger partial charge in [-0.3, -0.25) is 5.41 Å². The van der Waals surface area contributed by atoms with Gasteiger partial charge in [0.2, 0.25) is 6.23 Å². The van der Waals surface area contributed by atoms with E-state index in [4.69, 9.17) is 32.1 Å². The Kier molecular flexibility index (Phi) is 7.98. The van der Waals surface area contributed by atoms with E-state index in [9.17, 15) is 5.11 Å². The van der Waals surface area contributed by atoms with Gasteiger partial charge in [0.1, 0.15) is 11.6 Å². The van der Waals surface area contributed by atoms with Crippen LogP contribution in [0, 0.1) is 11.3 Å². The van der Waals surface area contributed by atoms with Crippen molar-refractivity contribution in [1.29, 1.82) is 5.41 Å². The molecule has 0 aromatic heterocycles. The summed E-state index contributed by atoms with van der Waals surface area (Å²) in [4.78, 5) is 3.97. The fourth-order valence-corrected chi connectivity index (χ4v) is 4.35. The van der Waals surface area contributed by atoms with Crippen molar-refractivity contribution in [2.24, 2.45) is 28.1 Å². The number of amidine groups is 1. The van der Waals surface area contributed by atoms with Crippen LogP contribution in [0.3, 0.4) is 0 Å². The molecule has 1 fully saturated rings. The topological polar surface area (TPSA) is 180 Å². The number of aromatic hydroxyl groups is 1. The number of hydrogen-bond donors (Lipinski definition) is 7. The second-order valence-electron chi connectivity index (χ2n) is 8.70. The van der Waals surface area contributed by atoms with Crippen LogP contribution in [0.2, 0.25) is 0 Å². The molecule has 2 heterocycles. The first-order valence-electron chi connectivity index (χ1n) is 11.9. The van der Waals surface area contributed by atoms with Crippen molar-refractivity contribution < 1.29 is 23.4 Å². The number of phenols is 1. The molecular weight excluding hydrogens is 498 g/mol. The second-order valence-corrected chi connectivity index (χ2v) is 8.70. The van der Waals surface area contributed by atoms with Crippen molar-refractivity contribution in [3.05, 3.63) is 71.1 Å². The van der Waals surface area contributed by atoms with Gasteiger partial charge in [-0.05, 0) is 62.2 Å². The van der Waals surface area contributed by atoms with Crippen molar-refractivity contribution in [1.82, 2.24) is 15.8 Å². The van der Waals surface area contributed by atoms with Crippen LogP contribution in [0.25, 0.3) is 0 Å². The van der Waals surface area contributed by atoms with Gasteiger partial charge in [-0.15, -0.1) is 0 Å². The maximum Gasteiger partial charge on any atom is 0.250 e. The third-order valence-electron chi connectivity index (χ3n) is 6.14. The predicted octanol–water partition coefficient (Wildman–Crippen LogP) is 2.18. The van der Waals surface area contributed by atoms with Gasteiger partial charge in [-0.1, -0.05) is 6.07 Å². The molecule has 10 N–H and O–H groups in total. The lowest BCUT2D eigenvalue weighted by molar-refractivity contribution is -0.0105. The van der Waals surface area contributed by atoms with Crippen LogP contribution < -0.4 is 37.4 Å². The summed E-state index contributed by atoms with van der Waals surface area (Å²) in [5.41, 5.74) is 19.7. The van der Waals surface area contributed by atoms with E-state index in [1.54, 1.807) is 18.2 Å². The van der Waals surface area contributed by atoms with Crippen LogP contribution in [0.4, 0.5) is 14.5 Å². The zero-order chi connectivity index (χ0) is 27.4. The van der Waals surface area contributed by atoms with E-state index < -0.39 is 23.8 Å². The molecular formula is C25H30F2N8O3. The number of rotatable bonds is 8. The highest BCUT2D eigenvalue weighted by molar-refractivity contribution is 5.95. The first-order chi connectivity index (χ1) is 18.2. The number of benzene rings is 2. The number of ether oxygens (including phenoxy) is 2. The van der Waals surface area contributed by atoms with Gasteiger partial charge in [-0.2, -0.15) is 0 Å². The largest absolute Gasteiger partial charge is 0.504 e. The first-order valence-corrected chi connectivity index (χ1v) is 11.9. The standard InChI is InChI=1S/C25H30F2N8O3/c1-32-35-23(37-16-4-2-3-15(12-16)34-25(30)31)20(26)19(13-7-9-33-10-8-13)21(27)24(35)38-18-11-14(22(28)29)5-6-17(18)36/h2-6,11-13,24,32-33,36H,7-10H2,1H3,(H3,28,29)(H4,30,31,34). The van der Waals surface area contributed by atoms with E-state index in [1.807, 2.05) is 0 Å². The zero-order valence-electron chi connectivity index (χ0n) is 20.7. The van der Waals surface area contributed by atoms with Crippen molar-refractivity contribution in [3.63, 3.8) is 0 Å². The van der Waals surface area contributed by atoms with Crippen LogP contribution in [0.5, 0.6) is 17.2 Å². The Balaban J connectivity index is 1.79. The van der Waals surface area contributed by atoms with Gasteiger partial charge >= 0.3 is 0 Å². The highest BCUT2D eigenvalue weighted by Gasteiger charge is 2.42. The van der Waals surface area contributed by atoms with Gasteiger partial charge in [0.25, 0.3) is 5.88 Å². The average molecular weight is 529 g/mol. The molecule has 0 aliphatic carbocycles. The van der Waals surface area contributed by atoms with Crippen LogP contribution in [0.15, 0.2) is 70.6 Å². The predicted molar refractivity (Wildman–Crippen MR) is 139 cm³/mol. The molecule has 1 atom stereocenters. The number of aliphatic imine (C=N–C) groups is 1. The molecule has 2 aliphatic rings. The van der Waals surface area contributed by atoms with Gasteiger partial charge in [0, 0.05) is 24.3 Å². The minimum atomic E-state index is -1.56. The Bertz CT molecular complexity index is 1300. The Hall–Kier alpha value is -4.36. The Morgan fingerprint density at radius 2 is 1.89 bits per heavy atom. The minimum Gasteiger partial charge on any atom is -0.504 e. The summed E-state index contributed by atoms with van der Waals surface area (Å²) < 4.78 is 44.0. The summed E-state index contributed by atoms with van der Waals surface area (Å²) in [5, 5.41) is 22.3. The summed E-state index contributed by atoms with van der Waals surface area (Å²) >= 11 is 0. The van der Waals surface area contributed by atoms with Crippen LogP contribution in [0.1, 0.15) is 18.4 Å². The van der Waals surface area contributed by atoms with Gasteiger partial charge in [0.15, 0.2) is 29.1 Å². The fraction of sp³-hybridized carbons (Fsp3) is 0.280.